The molecule has 4 aromatic rings. The molecule has 1 aliphatic rings. The van der Waals surface area contributed by atoms with Crippen LogP contribution in [0.25, 0.3) is 17.0 Å². The lowest BCUT2D eigenvalue weighted by Gasteiger charge is -2.13. The van der Waals surface area contributed by atoms with Crippen molar-refractivity contribution in [3.05, 3.63) is 106 Å². The van der Waals surface area contributed by atoms with Gasteiger partial charge in [0.15, 0.2) is 0 Å². The van der Waals surface area contributed by atoms with Crippen LogP contribution in [0.3, 0.4) is 0 Å². The van der Waals surface area contributed by atoms with Crippen LogP contribution in [0.4, 0.5) is 5.69 Å². The average Bonchev–Trinajstić information content (AvgIpc) is 3.28. The number of benzene rings is 3. The van der Waals surface area contributed by atoms with E-state index in [9.17, 15) is 9.59 Å². The van der Waals surface area contributed by atoms with Crippen LogP contribution in [0.1, 0.15) is 11.1 Å². The van der Waals surface area contributed by atoms with Gasteiger partial charge in [-0.1, -0.05) is 64.5 Å². The van der Waals surface area contributed by atoms with Crippen molar-refractivity contribution in [1.82, 2.24) is 9.99 Å². The second-order valence-corrected chi connectivity index (χ2v) is 8.25. The van der Waals surface area contributed by atoms with Crippen LogP contribution in [-0.2, 0) is 16.1 Å². The Labute approximate surface area is 187 Å². The number of para-hydroxylation sites is 2. The molecule has 6 heteroatoms. The molecule has 2 heterocycles. The molecule has 31 heavy (non-hydrogen) atoms. The van der Waals surface area contributed by atoms with Gasteiger partial charge in [0.05, 0.1) is 5.69 Å². The lowest BCUT2D eigenvalue weighted by molar-refractivity contribution is -0.117. The number of halogens is 1. The highest BCUT2D eigenvalue weighted by atomic mass is 79.9. The Morgan fingerprint density at radius 3 is 2.35 bits per heavy atom. The maximum atomic E-state index is 12.9. The second kappa shape index (κ2) is 7.89. The first-order valence-corrected chi connectivity index (χ1v) is 10.6. The Bertz CT molecular complexity index is 1320. The molecule has 1 fully saturated rings. The van der Waals surface area contributed by atoms with Gasteiger partial charge in [-0.2, -0.15) is 0 Å². The van der Waals surface area contributed by atoms with E-state index in [2.05, 4.69) is 38.1 Å². The third kappa shape index (κ3) is 3.66. The van der Waals surface area contributed by atoms with Crippen molar-refractivity contribution >= 4 is 50.4 Å². The highest BCUT2D eigenvalue weighted by molar-refractivity contribution is 9.10. The Balaban J connectivity index is 1.53. The molecular weight excluding hydrogens is 454 g/mol. The van der Waals surface area contributed by atoms with Gasteiger partial charge in [-0.25, -0.2) is 5.01 Å². The summed E-state index contributed by atoms with van der Waals surface area (Å²) in [6.07, 6.45) is 3.67. The van der Waals surface area contributed by atoms with Crippen molar-refractivity contribution < 1.29 is 9.59 Å². The Morgan fingerprint density at radius 2 is 1.58 bits per heavy atom. The molecule has 3 aromatic carbocycles. The number of fused-ring (bicyclic) bond motifs is 1. The van der Waals surface area contributed by atoms with Crippen molar-refractivity contribution in [3.63, 3.8) is 0 Å². The van der Waals surface area contributed by atoms with E-state index in [1.165, 1.54) is 5.01 Å². The van der Waals surface area contributed by atoms with Crippen molar-refractivity contribution in [2.24, 2.45) is 0 Å². The van der Waals surface area contributed by atoms with Crippen LogP contribution < -0.4 is 10.4 Å². The molecule has 0 aliphatic carbocycles. The number of carbonyl (C=O) groups is 2. The van der Waals surface area contributed by atoms with Gasteiger partial charge in [0, 0.05) is 33.7 Å². The highest BCUT2D eigenvalue weighted by Gasteiger charge is 2.34. The molecule has 0 radical (unpaired) electrons. The number of nitrogens with zero attached hydrogens (tertiary/aromatic N) is 2. The predicted octanol–water partition coefficient (Wildman–Crippen LogP) is 4.91. The maximum absolute atomic E-state index is 12.9. The fourth-order valence-electron chi connectivity index (χ4n) is 3.78. The lowest BCUT2D eigenvalue weighted by atomic mass is 10.1. The first-order chi connectivity index (χ1) is 15.1. The van der Waals surface area contributed by atoms with E-state index in [0.717, 1.165) is 26.5 Å². The molecule has 5 nitrogen and oxygen atoms in total. The van der Waals surface area contributed by atoms with Crippen LogP contribution in [0, 0.1) is 0 Å². The third-order valence-corrected chi connectivity index (χ3v) is 5.82. The summed E-state index contributed by atoms with van der Waals surface area (Å²) in [7, 11) is 0. The molecule has 0 atom stereocenters. The second-order valence-electron chi connectivity index (χ2n) is 7.33. The molecule has 2 amide bonds. The predicted molar refractivity (Wildman–Crippen MR) is 125 cm³/mol. The van der Waals surface area contributed by atoms with Crippen LogP contribution in [0.2, 0.25) is 0 Å². The van der Waals surface area contributed by atoms with E-state index < -0.39 is 5.91 Å². The maximum Gasteiger partial charge on any atom is 0.282 e. The van der Waals surface area contributed by atoms with Gasteiger partial charge in [-0.3, -0.25) is 15.0 Å². The quantitative estimate of drug-likeness (QED) is 0.339. The first-order valence-electron chi connectivity index (χ1n) is 9.85. The minimum atomic E-state index is -0.404. The van der Waals surface area contributed by atoms with Gasteiger partial charge in [0.25, 0.3) is 11.8 Å². The summed E-state index contributed by atoms with van der Waals surface area (Å²) in [5.74, 6) is -0.764. The Morgan fingerprint density at radius 1 is 0.871 bits per heavy atom. The minimum absolute atomic E-state index is 0.121. The molecule has 5 rings (SSSR count). The third-order valence-electron chi connectivity index (χ3n) is 5.29. The normalized spacial score (nSPS) is 15.1. The monoisotopic (exact) mass is 471 g/mol. The molecule has 1 aromatic heterocycles. The summed E-state index contributed by atoms with van der Waals surface area (Å²) in [5, 5.41) is 2.28. The van der Waals surface area contributed by atoms with Crippen molar-refractivity contribution in [2.45, 2.75) is 6.54 Å². The van der Waals surface area contributed by atoms with E-state index in [-0.39, 0.29) is 11.5 Å². The topological polar surface area (TPSA) is 54.3 Å². The largest absolute Gasteiger partial charge is 0.342 e. The number of amides is 2. The fraction of sp³-hybridized carbons (Fsp3) is 0.0400. The number of hydrazine groups is 1. The van der Waals surface area contributed by atoms with Crippen LogP contribution in [-0.4, -0.2) is 16.4 Å². The molecule has 1 aliphatic heterocycles. The zero-order valence-electron chi connectivity index (χ0n) is 16.5. The van der Waals surface area contributed by atoms with Crippen molar-refractivity contribution in [2.75, 3.05) is 5.01 Å². The van der Waals surface area contributed by atoms with E-state index in [0.29, 0.717) is 12.2 Å². The number of hydrogen-bond donors (Lipinski definition) is 1. The van der Waals surface area contributed by atoms with Crippen LogP contribution >= 0.6 is 15.9 Å². The summed E-state index contributed by atoms with van der Waals surface area (Å²) in [4.78, 5) is 25.5. The molecular formula is C25H18BrN3O2. The molecule has 1 N–H and O–H groups in total. The summed E-state index contributed by atoms with van der Waals surface area (Å²) in [5.41, 5.74) is 6.44. The van der Waals surface area contributed by atoms with Crippen LogP contribution in [0.5, 0.6) is 0 Å². The van der Waals surface area contributed by atoms with Crippen molar-refractivity contribution in [1.29, 1.82) is 0 Å². The highest BCUT2D eigenvalue weighted by Crippen LogP contribution is 2.27. The van der Waals surface area contributed by atoms with Gasteiger partial charge >= 0.3 is 0 Å². The smallest absolute Gasteiger partial charge is 0.282 e. The van der Waals surface area contributed by atoms with Gasteiger partial charge in [-0.15, -0.1) is 0 Å². The number of anilines is 1. The van der Waals surface area contributed by atoms with Gasteiger partial charge in [0.1, 0.15) is 5.57 Å². The fourth-order valence-corrected chi connectivity index (χ4v) is 4.04. The van der Waals surface area contributed by atoms with E-state index in [1.807, 2.05) is 60.8 Å². The Hall–Kier alpha value is -3.64. The van der Waals surface area contributed by atoms with E-state index in [4.69, 9.17) is 0 Å². The van der Waals surface area contributed by atoms with E-state index in [1.54, 1.807) is 18.2 Å². The summed E-state index contributed by atoms with van der Waals surface area (Å²) < 4.78 is 3.17. The number of aromatic nitrogens is 1. The molecule has 152 valence electrons. The minimum Gasteiger partial charge on any atom is -0.342 e. The van der Waals surface area contributed by atoms with Gasteiger partial charge < -0.3 is 4.57 Å². The Kier molecular flexibility index (Phi) is 4.92. The zero-order chi connectivity index (χ0) is 21.4. The number of rotatable bonds is 4. The summed E-state index contributed by atoms with van der Waals surface area (Å²) >= 11 is 3.47. The first kappa shape index (κ1) is 19.3. The van der Waals surface area contributed by atoms with Gasteiger partial charge in [-0.05, 0) is 42.0 Å². The molecule has 1 saturated heterocycles. The lowest BCUT2D eigenvalue weighted by Crippen LogP contribution is -2.35. The number of hydrogen-bond acceptors (Lipinski definition) is 2. The average molecular weight is 472 g/mol. The summed E-state index contributed by atoms with van der Waals surface area (Å²) in [6, 6.07) is 25.3. The molecule has 0 saturated carbocycles. The molecule has 0 bridgehead atoms. The number of carbonyl (C=O) groups excluding carboxylic acids is 2. The van der Waals surface area contributed by atoms with E-state index >= 15 is 0 Å². The number of nitrogens with one attached hydrogen (secondary N) is 1. The molecule has 0 spiro atoms. The zero-order valence-corrected chi connectivity index (χ0v) is 18.0. The van der Waals surface area contributed by atoms with Crippen LogP contribution in [0.15, 0.2) is 95.1 Å². The molecule has 0 unspecified atom stereocenters. The van der Waals surface area contributed by atoms with Gasteiger partial charge in [0.2, 0.25) is 0 Å². The standard InChI is InChI=1S/C25H18BrN3O2/c26-19-12-10-17(11-13-19)15-28-16-18(21-8-4-5-9-23(21)28)14-22-24(30)27-29(25(22)31)20-6-2-1-3-7-20/h1-14,16H,15H2,(H,27,30)/b22-14-. The summed E-state index contributed by atoms with van der Waals surface area (Å²) in [6.45, 7) is 0.688. The SMILES string of the molecule is O=C1NN(c2ccccc2)C(=O)/C1=C\c1cn(Cc2ccc(Br)cc2)c2ccccc12. The van der Waals surface area contributed by atoms with Crippen molar-refractivity contribution in [3.8, 4) is 0 Å².